The molecule has 1 aromatic rings. The zero-order valence-corrected chi connectivity index (χ0v) is 16.7. The molecule has 26 heavy (non-hydrogen) atoms. The fourth-order valence-corrected chi connectivity index (χ4v) is 1.77. The quantitative estimate of drug-likeness (QED) is 0.384. The first kappa shape index (κ1) is 28.7. The van der Waals surface area contributed by atoms with Gasteiger partial charge in [-0.2, -0.15) is 6.92 Å². The molecule has 1 aliphatic heterocycles. The summed E-state index contributed by atoms with van der Waals surface area (Å²) < 4.78 is 0. The van der Waals surface area contributed by atoms with Crippen molar-refractivity contribution in [1.82, 2.24) is 4.90 Å². The Kier molecular flexibility index (Phi) is 16.8. The topological polar surface area (TPSA) is 138 Å². The van der Waals surface area contributed by atoms with Crippen molar-refractivity contribution in [3.63, 3.8) is 0 Å². The van der Waals surface area contributed by atoms with E-state index in [0.717, 1.165) is 4.90 Å². The maximum absolute atomic E-state index is 11.7. The Morgan fingerprint density at radius 1 is 1.00 bits per heavy atom. The molecule has 0 unspecified atom stereocenters. The zero-order chi connectivity index (χ0) is 18.7. The van der Waals surface area contributed by atoms with Crippen LogP contribution in [0, 0.1) is 6.92 Å². The van der Waals surface area contributed by atoms with E-state index in [1.807, 2.05) is 0 Å². The average Bonchev–Trinajstić information content (AvgIpc) is 2.80. The molecule has 0 atom stereocenters. The van der Waals surface area contributed by atoms with Gasteiger partial charge in [-0.1, -0.05) is 19.6 Å². The van der Waals surface area contributed by atoms with Gasteiger partial charge in [0.2, 0.25) is 0 Å². The van der Waals surface area contributed by atoms with E-state index in [1.54, 1.807) is 31.2 Å². The predicted octanol–water partition coefficient (Wildman–Crippen LogP) is 1.65. The van der Waals surface area contributed by atoms with Crippen LogP contribution in [0.3, 0.4) is 0 Å². The van der Waals surface area contributed by atoms with E-state index < -0.39 is 23.8 Å². The number of rotatable bonds is 5. The summed E-state index contributed by atoms with van der Waals surface area (Å²) in [4.78, 5) is 44.3. The third-order valence-corrected chi connectivity index (χ3v) is 2.79. The first-order valence-electron chi connectivity index (χ1n) is 7.18. The third kappa shape index (κ3) is 8.87. The normalized spacial score (nSPS) is 10.8. The molecule has 1 aliphatic rings. The van der Waals surface area contributed by atoms with Gasteiger partial charge in [0.05, 0.1) is 24.0 Å². The monoisotopic (exact) mass is 537 g/mol. The molecule has 0 saturated heterocycles. The molecule has 4 N–H and O–H groups in total. The van der Waals surface area contributed by atoms with Crippen LogP contribution >= 0.6 is 0 Å². The number of carbonyl (C=O) groups is 4. The number of hydrogen-bond acceptors (Lipinski definition) is 5. The molecule has 0 aliphatic carbocycles. The second kappa shape index (κ2) is 15.2. The maximum Gasteiger partial charge on any atom is 0.305 e. The number of carboxylic acids is 2. The molecule has 8 nitrogen and oxygen atoms in total. The number of amides is 2. The molecule has 146 valence electrons. The van der Waals surface area contributed by atoms with Crippen molar-refractivity contribution in [2.24, 2.45) is 5.73 Å². The minimum absolute atomic E-state index is 0. The second-order valence-corrected chi connectivity index (χ2v) is 4.38. The number of nitrogens with two attached hydrogens (primary N) is 1. The largest absolute Gasteiger partial charge is 0.481 e. The molecular weight excluding hydrogens is 512 g/mol. The Morgan fingerprint density at radius 3 is 1.65 bits per heavy atom. The number of carboxylic acid groups (broad SMARTS) is 2. The number of carbonyl (C=O) groups excluding carboxylic acids is 2. The van der Waals surface area contributed by atoms with Crippen LogP contribution in [-0.4, -0.2) is 52.0 Å². The Labute approximate surface area is 167 Å². The van der Waals surface area contributed by atoms with E-state index in [9.17, 15) is 19.2 Å². The van der Waals surface area contributed by atoms with Crippen molar-refractivity contribution >= 4 is 23.8 Å². The van der Waals surface area contributed by atoms with E-state index in [0.29, 0.717) is 11.1 Å². The molecular formula is C17H25N2O6W-. The van der Waals surface area contributed by atoms with Crippen molar-refractivity contribution in [3.05, 3.63) is 42.3 Å². The smallest absolute Gasteiger partial charge is 0.305 e. The van der Waals surface area contributed by atoms with Gasteiger partial charge in [0, 0.05) is 34.2 Å². The summed E-state index contributed by atoms with van der Waals surface area (Å²) in [7, 11) is 0. The number of aliphatic carboxylic acids is 2. The molecule has 2 rings (SSSR count). The van der Waals surface area contributed by atoms with Gasteiger partial charge in [-0.15, -0.1) is 0 Å². The molecule has 0 aromatic heterocycles. The fourth-order valence-electron chi connectivity index (χ4n) is 1.77. The summed E-state index contributed by atoms with van der Waals surface area (Å²) in [5.41, 5.74) is 5.54. The Hall–Kier alpha value is -2.05. The van der Waals surface area contributed by atoms with Gasteiger partial charge in [0.1, 0.15) is 0 Å². The molecule has 1 heterocycles. The zero-order valence-electron chi connectivity index (χ0n) is 13.8. The summed E-state index contributed by atoms with van der Waals surface area (Å²) >= 11 is 0. The van der Waals surface area contributed by atoms with Gasteiger partial charge in [0.25, 0.3) is 11.8 Å². The average molecular weight is 537 g/mol. The van der Waals surface area contributed by atoms with Crippen LogP contribution in [-0.2, 0) is 30.7 Å². The number of imide groups is 1. The Morgan fingerprint density at radius 2 is 1.38 bits per heavy atom. The van der Waals surface area contributed by atoms with Crippen molar-refractivity contribution in [1.29, 1.82) is 0 Å². The minimum Gasteiger partial charge on any atom is -0.481 e. The van der Waals surface area contributed by atoms with Gasteiger partial charge in [-0.05, 0) is 12.1 Å². The third-order valence-electron chi connectivity index (χ3n) is 2.79. The predicted molar refractivity (Wildman–Crippen MR) is 93.1 cm³/mol. The summed E-state index contributed by atoms with van der Waals surface area (Å²) in [5, 5.41) is 16.3. The fraction of sp³-hybridized carbons (Fsp3) is 0.353. The second-order valence-electron chi connectivity index (χ2n) is 4.38. The number of nitrogens with zero attached hydrogens (tertiary/aromatic N) is 1. The molecule has 0 bridgehead atoms. The van der Waals surface area contributed by atoms with Gasteiger partial charge >= 0.3 is 11.9 Å². The first-order valence-corrected chi connectivity index (χ1v) is 7.18. The Balaban J connectivity index is -0.000000458. The van der Waals surface area contributed by atoms with Crippen LogP contribution in [0.2, 0.25) is 0 Å². The van der Waals surface area contributed by atoms with Gasteiger partial charge in [-0.3, -0.25) is 24.1 Å². The number of benzene rings is 1. The van der Waals surface area contributed by atoms with Crippen molar-refractivity contribution in [2.75, 3.05) is 13.1 Å². The summed E-state index contributed by atoms with van der Waals surface area (Å²) in [6.45, 7) is 5.15. The van der Waals surface area contributed by atoms with Crippen LogP contribution in [0.15, 0.2) is 24.3 Å². The van der Waals surface area contributed by atoms with Crippen molar-refractivity contribution in [2.45, 2.75) is 27.2 Å². The van der Waals surface area contributed by atoms with E-state index in [2.05, 4.69) is 6.92 Å². The van der Waals surface area contributed by atoms with Crippen LogP contribution in [0.25, 0.3) is 0 Å². The molecule has 0 spiro atoms. The van der Waals surface area contributed by atoms with Crippen LogP contribution < -0.4 is 5.73 Å². The Bertz CT molecular complexity index is 572. The standard InChI is InChI=1S/C11H9NO4.C3H7NO2.C2H5.CH4.W/c13-9(14)5-6-12-10(15)7-3-1-2-4-8(7)11(12)16;4-2-1-3(5)6;1-2;;/h1-4H,5-6H2,(H,13,14);1-2,4H2,(H,5,6);1H2,2H3;1H4;/q;;-1;;. The summed E-state index contributed by atoms with van der Waals surface area (Å²) in [6.07, 6.45) is -0.161. The van der Waals surface area contributed by atoms with Crippen molar-refractivity contribution in [3.8, 4) is 0 Å². The molecule has 0 saturated carbocycles. The van der Waals surface area contributed by atoms with Crippen LogP contribution in [0.1, 0.15) is 47.9 Å². The van der Waals surface area contributed by atoms with Gasteiger partial charge in [0.15, 0.2) is 0 Å². The van der Waals surface area contributed by atoms with E-state index in [4.69, 9.17) is 15.9 Å². The van der Waals surface area contributed by atoms with Crippen molar-refractivity contribution < 1.29 is 50.5 Å². The summed E-state index contributed by atoms with van der Waals surface area (Å²) in [6, 6.07) is 6.47. The van der Waals surface area contributed by atoms with Crippen LogP contribution in [0.5, 0.6) is 0 Å². The minimum atomic E-state index is -1.03. The maximum atomic E-state index is 11.7. The molecule has 1 aromatic carbocycles. The molecule has 9 heteroatoms. The SMILES string of the molecule is C.NCCC(=O)O.O=C(O)CCN1C(=O)c2ccccc2C1=O.[CH2-]C.[W]. The van der Waals surface area contributed by atoms with E-state index >= 15 is 0 Å². The number of fused-ring (bicyclic) bond motifs is 1. The molecule has 2 amide bonds. The van der Waals surface area contributed by atoms with Gasteiger partial charge in [-0.25, -0.2) is 0 Å². The first-order chi connectivity index (χ1) is 11.4. The van der Waals surface area contributed by atoms with E-state index in [-0.39, 0.29) is 54.4 Å². The van der Waals surface area contributed by atoms with Gasteiger partial charge < -0.3 is 22.9 Å². The summed E-state index contributed by atoms with van der Waals surface area (Å²) in [5.74, 6) is -2.70. The number of hydrogen-bond donors (Lipinski definition) is 3. The molecule has 0 radical (unpaired) electrons. The molecule has 0 fully saturated rings. The van der Waals surface area contributed by atoms with Crippen LogP contribution in [0.4, 0.5) is 0 Å². The van der Waals surface area contributed by atoms with E-state index in [1.165, 1.54) is 0 Å².